The highest BCUT2D eigenvalue weighted by molar-refractivity contribution is 9.11. The van der Waals surface area contributed by atoms with Gasteiger partial charge in [0.2, 0.25) is 0 Å². The van der Waals surface area contributed by atoms with Gasteiger partial charge in [-0.3, -0.25) is 4.90 Å². The minimum Gasteiger partial charge on any atom is -0.311 e. The number of nitrogens with zero attached hydrogens (tertiary/aromatic N) is 1. The summed E-state index contributed by atoms with van der Waals surface area (Å²) in [5.74, 6) is 0. The van der Waals surface area contributed by atoms with E-state index in [1.807, 2.05) is 11.3 Å². The third-order valence-electron chi connectivity index (χ3n) is 3.31. The van der Waals surface area contributed by atoms with Gasteiger partial charge in [-0.1, -0.05) is 20.8 Å². The minimum atomic E-state index is 0.342. The van der Waals surface area contributed by atoms with E-state index in [4.69, 9.17) is 0 Å². The molecule has 1 aliphatic heterocycles. The van der Waals surface area contributed by atoms with E-state index >= 15 is 0 Å². The van der Waals surface area contributed by atoms with Gasteiger partial charge in [-0.25, -0.2) is 0 Å². The van der Waals surface area contributed by atoms with Crippen LogP contribution in [0.1, 0.15) is 25.6 Å². The minimum absolute atomic E-state index is 0.342. The van der Waals surface area contributed by atoms with E-state index in [0.717, 1.165) is 26.2 Å². The average Bonchev–Trinajstić information content (AvgIpc) is 2.63. The van der Waals surface area contributed by atoms with Gasteiger partial charge < -0.3 is 5.32 Å². The second-order valence-corrected chi connectivity index (χ2v) is 8.36. The molecule has 0 radical (unpaired) electrons. The van der Waals surface area contributed by atoms with Crippen LogP contribution in [0.25, 0.3) is 0 Å². The lowest BCUT2D eigenvalue weighted by Crippen LogP contribution is -2.55. The summed E-state index contributed by atoms with van der Waals surface area (Å²) in [4.78, 5) is 4.01. The predicted octanol–water partition coefficient (Wildman–Crippen LogP) is 3.33. The van der Waals surface area contributed by atoms with Crippen LogP contribution in [0.2, 0.25) is 0 Å². The van der Waals surface area contributed by atoms with Crippen LogP contribution in [0.15, 0.2) is 15.9 Å². The van der Waals surface area contributed by atoms with Crippen molar-refractivity contribution in [2.45, 2.75) is 33.4 Å². The molecule has 96 valence electrons. The van der Waals surface area contributed by atoms with Gasteiger partial charge >= 0.3 is 0 Å². The van der Waals surface area contributed by atoms with Crippen molar-refractivity contribution in [3.63, 3.8) is 0 Å². The zero-order chi connectivity index (χ0) is 12.5. The number of rotatable bonds is 2. The Morgan fingerprint density at radius 1 is 1.47 bits per heavy atom. The fourth-order valence-electron chi connectivity index (χ4n) is 2.19. The number of hydrogen-bond acceptors (Lipinski definition) is 3. The molecule has 1 aromatic rings. The average molecular weight is 317 g/mol. The molecule has 17 heavy (non-hydrogen) atoms. The van der Waals surface area contributed by atoms with Crippen LogP contribution in [0.5, 0.6) is 0 Å². The first-order chi connectivity index (χ1) is 7.95. The molecule has 1 saturated heterocycles. The van der Waals surface area contributed by atoms with Crippen molar-refractivity contribution in [3.8, 4) is 0 Å². The summed E-state index contributed by atoms with van der Waals surface area (Å²) in [7, 11) is 0. The van der Waals surface area contributed by atoms with Gasteiger partial charge in [-0.15, -0.1) is 11.3 Å². The summed E-state index contributed by atoms with van der Waals surface area (Å²) in [6.07, 6.45) is 0. The van der Waals surface area contributed by atoms with Crippen molar-refractivity contribution in [2.24, 2.45) is 5.41 Å². The fourth-order valence-corrected chi connectivity index (χ4v) is 3.72. The monoisotopic (exact) mass is 316 g/mol. The second-order valence-electron chi connectivity index (χ2n) is 5.81. The van der Waals surface area contributed by atoms with Gasteiger partial charge in [0.05, 0.1) is 3.79 Å². The van der Waals surface area contributed by atoms with E-state index in [2.05, 4.69) is 59.1 Å². The number of piperazine rings is 1. The number of nitrogens with one attached hydrogen (secondary N) is 1. The van der Waals surface area contributed by atoms with Crippen molar-refractivity contribution < 1.29 is 0 Å². The Morgan fingerprint density at radius 3 is 2.82 bits per heavy atom. The van der Waals surface area contributed by atoms with Crippen molar-refractivity contribution in [3.05, 3.63) is 20.8 Å². The highest BCUT2D eigenvalue weighted by atomic mass is 79.9. The number of halogens is 1. The molecule has 1 N–H and O–H groups in total. The Labute approximate surface area is 117 Å². The van der Waals surface area contributed by atoms with Crippen LogP contribution in [0, 0.1) is 5.41 Å². The maximum atomic E-state index is 3.63. The molecule has 0 amide bonds. The smallest absolute Gasteiger partial charge is 0.0701 e. The van der Waals surface area contributed by atoms with Crippen molar-refractivity contribution in [1.82, 2.24) is 10.2 Å². The quantitative estimate of drug-likeness (QED) is 0.900. The molecule has 2 rings (SSSR count). The molecule has 0 aromatic carbocycles. The third-order valence-corrected chi connectivity index (χ3v) is 4.92. The van der Waals surface area contributed by atoms with Gasteiger partial charge in [0.15, 0.2) is 0 Å². The second kappa shape index (κ2) is 5.39. The van der Waals surface area contributed by atoms with Crippen LogP contribution >= 0.6 is 27.3 Å². The molecule has 0 spiro atoms. The Morgan fingerprint density at radius 2 is 2.24 bits per heavy atom. The maximum absolute atomic E-state index is 3.63. The number of thiophene rings is 1. The van der Waals surface area contributed by atoms with Gasteiger partial charge in [0.1, 0.15) is 0 Å². The summed E-state index contributed by atoms with van der Waals surface area (Å²) >= 11 is 5.37. The summed E-state index contributed by atoms with van der Waals surface area (Å²) in [6.45, 7) is 11.4. The van der Waals surface area contributed by atoms with Gasteiger partial charge in [0.25, 0.3) is 0 Å². The van der Waals surface area contributed by atoms with E-state index in [-0.39, 0.29) is 0 Å². The fraction of sp³-hybridized carbons (Fsp3) is 0.692. The van der Waals surface area contributed by atoms with E-state index in [1.165, 1.54) is 8.66 Å². The van der Waals surface area contributed by atoms with Crippen molar-refractivity contribution >= 4 is 27.3 Å². The molecule has 0 saturated carbocycles. The largest absolute Gasteiger partial charge is 0.311 e. The molecule has 2 heterocycles. The van der Waals surface area contributed by atoms with Crippen LogP contribution < -0.4 is 5.32 Å². The topological polar surface area (TPSA) is 15.3 Å². The molecule has 0 bridgehead atoms. The first-order valence-electron chi connectivity index (χ1n) is 6.15. The molecule has 2 nitrogen and oxygen atoms in total. The molecule has 1 aromatic heterocycles. The molecule has 4 heteroatoms. The molecule has 1 atom stereocenters. The molecule has 1 fully saturated rings. The third kappa shape index (κ3) is 3.78. The lowest BCUT2D eigenvalue weighted by atomic mass is 9.85. The highest BCUT2D eigenvalue weighted by Gasteiger charge is 2.29. The normalized spacial score (nSPS) is 22.9. The van der Waals surface area contributed by atoms with Crippen LogP contribution in [-0.2, 0) is 6.54 Å². The first kappa shape index (κ1) is 13.5. The van der Waals surface area contributed by atoms with E-state index in [9.17, 15) is 0 Å². The summed E-state index contributed by atoms with van der Waals surface area (Å²) in [5.41, 5.74) is 0.342. The van der Waals surface area contributed by atoms with E-state index in [1.54, 1.807) is 0 Å². The van der Waals surface area contributed by atoms with E-state index in [0.29, 0.717) is 11.5 Å². The van der Waals surface area contributed by atoms with E-state index < -0.39 is 0 Å². The first-order valence-corrected chi connectivity index (χ1v) is 7.76. The van der Waals surface area contributed by atoms with Crippen LogP contribution in [-0.4, -0.2) is 30.6 Å². The molecular weight excluding hydrogens is 296 g/mol. The predicted molar refractivity (Wildman–Crippen MR) is 78.5 cm³/mol. The molecule has 1 unspecified atom stereocenters. The van der Waals surface area contributed by atoms with Crippen molar-refractivity contribution in [2.75, 3.05) is 19.6 Å². The number of hydrogen-bond donors (Lipinski definition) is 1. The van der Waals surface area contributed by atoms with Gasteiger partial charge in [-0.05, 0) is 33.5 Å². The molecular formula is C13H21BrN2S. The lowest BCUT2D eigenvalue weighted by molar-refractivity contribution is 0.130. The Bertz CT molecular complexity index is 370. The van der Waals surface area contributed by atoms with Crippen LogP contribution in [0.3, 0.4) is 0 Å². The van der Waals surface area contributed by atoms with Crippen LogP contribution in [0.4, 0.5) is 0 Å². The SMILES string of the molecule is CC(C)(C)C1CN(Cc2ccc(Br)s2)CCN1. The molecule has 1 aliphatic rings. The summed E-state index contributed by atoms with van der Waals surface area (Å²) in [5, 5.41) is 3.63. The summed E-state index contributed by atoms with van der Waals surface area (Å²) < 4.78 is 1.23. The standard InChI is InChI=1S/C13H21BrN2S/c1-13(2,3)11-9-16(7-6-15-11)8-10-4-5-12(14)17-10/h4-5,11,15H,6-9H2,1-3H3. The Hall–Kier alpha value is 0.1000. The Balaban J connectivity index is 1.94. The van der Waals surface area contributed by atoms with Crippen molar-refractivity contribution in [1.29, 1.82) is 0 Å². The summed E-state index contributed by atoms with van der Waals surface area (Å²) in [6, 6.07) is 4.96. The molecule has 0 aliphatic carbocycles. The van der Waals surface area contributed by atoms with Gasteiger partial charge in [-0.2, -0.15) is 0 Å². The maximum Gasteiger partial charge on any atom is 0.0701 e. The Kier molecular flexibility index (Phi) is 4.29. The zero-order valence-electron chi connectivity index (χ0n) is 10.8. The lowest BCUT2D eigenvalue weighted by Gasteiger charge is -2.40. The zero-order valence-corrected chi connectivity index (χ0v) is 13.2. The highest BCUT2D eigenvalue weighted by Crippen LogP contribution is 2.26. The van der Waals surface area contributed by atoms with Gasteiger partial charge in [0, 0.05) is 37.1 Å².